The van der Waals surface area contributed by atoms with Crippen molar-refractivity contribution in [3.05, 3.63) is 59.1 Å². The lowest BCUT2D eigenvalue weighted by Gasteiger charge is -2.34. The number of alkyl halides is 1. The number of piperazine rings is 1. The summed E-state index contributed by atoms with van der Waals surface area (Å²) in [6.07, 6.45) is 6.42. The van der Waals surface area contributed by atoms with Crippen LogP contribution in [0.4, 0.5) is 19.0 Å². The number of halogens is 3. The van der Waals surface area contributed by atoms with Gasteiger partial charge in [0.2, 0.25) is 5.91 Å². The van der Waals surface area contributed by atoms with Crippen LogP contribution in [0.15, 0.2) is 30.6 Å². The van der Waals surface area contributed by atoms with Crippen LogP contribution >= 0.6 is 0 Å². The minimum Gasteiger partial charge on any atom is -0.461 e. The summed E-state index contributed by atoms with van der Waals surface area (Å²) in [5.41, 5.74) is 0.447. The van der Waals surface area contributed by atoms with Crippen LogP contribution in [0.1, 0.15) is 51.8 Å². The van der Waals surface area contributed by atoms with Crippen LogP contribution in [0, 0.1) is 11.6 Å². The van der Waals surface area contributed by atoms with Crippen LogP contribution in [0.5, 0.6) is 6.01 Å². The van der Waals surface area contributed by atoms with Gasteiger partial charge in [-0.25, -0.2) is 13.2 Å². The van der Waals surface area contributed by atoms with Crippen molar-refractivity contribution in [2.45, 2.75) is 68.5 Å². The van der Waals surface area contributed by atoms with E-state index in [-0.39, 0.29) is 56.3 Å². The highest BCUT2D eigenvalue weighted by Gasteiger charge is 2.49. The lowest BCUT2D eigenvalue weighted by molar-refractivity contribution is -0.128. The van der Waals surface area contributed by atoms with Crippen LogP contribution in [-0.2, 0) is 11.3 Å². The normalized spacial score (nSPS) is 30.0. The van der Waals surface area contributed by atoms with Crippen LogP contribution in [0.2, 0.25) is 0 Å². The fraction of sp³-hybridized carbons (Fsp3) is 0.515. The third kappa shape index (κ3) is 4.65. The maximum Gasteiger partial charge on any atom is 0.319 e. The molecule has 0 aliphatic carbocycles. The molecule has 46 heavy (non-hydrogen) atoms. The third-order valence-electron chi connectivity index (χ3n) is 10.6. The Bertz CT molecular complexity index is 1790. The van der Waals surface area contributed by atoms with Crippen molar-refractivity contribution in [1.29, 1.82) is 0 Å². The first kappa shape index (κ1) is 28.4. The Morgan fingerprint density at radius 3 is 2.78 bits per heavy atom. The Morgan fingerprint density at radius 2 is 1.98 bits per heavy atom. The Labute approximate surface area is 267 Å². The second-order valence-corrected chi connectivity index (χ2v) is 13.7. The van der Waals surface area contributed by atoms with E-state index in [1.165, 1.54) is 17.2 Å². The molecule has 5 fully saturated rings. The maximum atomic E-state index is 16.9. The monoisotopic (exact) mass is 636 g/mol. The smallest absolute Gasteiger partial charge is 0.319 e. The molecular weight excluding hydrogens is 597 g/mol. The van der Waals surface area contributed by atoms with E-state index in [0.717, 1.165) is 32.2 Å². The van der Waals surface area contributed by atoms with Crippen LogP contribution < -0.4 is 20.3 Å². The second-order valence-electron chi connectivity index (χ2n) is 13.7. The van der Waals surface area contributed by atoms with Crippen LogP contribution in [0.25, 0.3) is 16.5 Å². The van der Waals surface area contributed by atoms with Gasteiger partial charge in [-0.2, -0.15) is 9.97 Å². The highest BCUT2D eigenvalue weighted by molar-refractivity contribution is 5.95. The number of hydrogen-bond donors (Lipinski definition) is 2. The van der Waals surface area contributed by atoms with Gasteiger partial charge in [-0.05, 0) is 43.9 Å². The first-order chi connectivity index (χ1) is 22.3. The number of fused-ring (bicyclic) bond motifs is 5. The summed E-state index contributed by atoms with van der Waals surface area (Å²) in [5.74, 6) is -0.889. The third-order valence-corrected chi connectivity index (χ3v) is 10.6. The van der Waals surface area contributed by atoms with E-state index in [1.54, 1.807) is 18.3 Å². The zero-order valence-electron chi connectivity index (χ0n) is 25.3. The number of benzene rings is 1. The molecule has 3 unspecified atom stereocenters. The lowest BCUT2D eigenvalue weighted by atomic mass is 9.93. The van der Waals surface area contributed by atoms with Crippen molar-refractivity contribution in [1.82, 2.24) is 35.4 Å². The van der Waals surface area contributed by atoms with Crippen molar-refractivity contribution in [3.8, 4) is 6.01 Å². The summed E-state index contributed by atoms with van der Waals surface area (Å²) in [6, 6.07) is 4.96. The lowest BCUT2D eigenvalue weighted by Crippen LogP contribution is -2.51. The largest absolute Gasteiger partial charge is 0.461 e. The molecular formula is C33H39F3N8O2. The first-order valence-electron chi connectivity index (χ1n) is 16.3. The summed E-state index contributed by atoms with van der Waals surface area (Å²) in [4.78, 5) is 32.8. The maximum absolute atomic E-state index is 16.9. The van der Waals surface area contributed by atoms with Crippen molar-refractivity contribution in [3.63, 3.8) is 0 Å². The minimum atomic E-state index is -0.909. The average Bonchev–Trinajstić information content (AvgIpc) is 3.66. The summed E-state index contributed by atoms with van der Waals surface area (Å²) < 4.78 is 53.0. The molecule has 8 heterocycles. The molecule has 6 aliphatic heterocycles. The Kier molecular flexibility index (Phi) is 6.55. The van der Waals surface area contributed by atoms with Crippen molar-refractivity contribution in [2.24, 2.45) is 0 Å². The molecule has 9 rings (SSSR count). The molecule has 1 amide bonds. The number of carbonyl (C=O) groups excluding carboxylic acids is 1. The summed E-state index contributed by atoms with van der Waals surface area (Å²) in [6.45, 7) is 3.57. The van der Waals surface area contributed by atoms with Gasteiger partial charge in [0.1, 0.15) is 35.6 Å². The van der Waals surface area contributed by atoms with E-state index in [1.807, 2.05) is 0 Å². The SMILES string of the molecule is O=C([C@@H]1CN1)N1C=C(c2ncc3c(N4CC5CCC(C4)N5)nc(OCC45CCCN4C[C@H](F)C5)nc3c2F)c2c(F)cccc2C1.[HH].[HH]. The number of aromatic nitrogens is 3. The predicted octanol–water partition coefficient (Wildman–Crippen LogP) is 3.39. The summed E-state index contributed by atoms with van der Waals surface area (Å²) in [7, 11) is 0. The van der Waals surface area contributed by atoms with Crippen molar-refractivity contribution in [2.75, 3.05) is 44.2 Å². The molecule has 2 aromatic heterocycles. The van der Waals surface area contributed by atoms with E-state index >= 15 is 8.78 Å². The van der Waals surface area contributed by atoms with E-state index < -0.39 is 23.3 Å². The van der Waals surface area contributed by atoms with Crippen LogP contribution in [-0.4, -0.2) is 99.8 Å². The Balaban J connectivity index is 0.00000182. The molecule has 10 nitrogen and oxygen atoms in total. The Morgan fingerprint density at radius 1 is 1.15 bits per heavy atom. The number of ether oxygens (including phenoxy) is 1. The highest BCUT2D eigenvalue weighted by Crippen LogP contribution is 2.41. The number of anilines is 1. The number of carbonyl (C=O) groups is 1. The standard InChI is InChI=1S/C33H35F3N8O2.2H2/c34-19-9-33(7-2-8-44(33)13-19)17-46-32-40-29-22(30(41-32)42-14-20-5-6-21(15-42)39-20)10-38-28(27(29)36)23-16-43(31(45)25-11-37-25)12-18-3-1-4-24(35)26(18)23;;/h1,3-4,10,16,19-21,25,37,39H,2,5-9,11-15,17H2;2*1H/t19-,20?,21?,25+,33?;;/m1../s1. The summed E-state index contributed by atoms with van der Waals surface area (Å²) >= 11 is 0. The molecule has 5 atom stereocenters. The topological polar surface area (TPSA) is 109 Å². The number of nitrogens with one attached hydrogen (secondary N) is 2. The van der Waals surface area contributed by atoms with E-state index in [0.29, 0.717) is 61.5 Å². The van der Waals surface area contributed by atoms with Gasteiger partial charge < -0.3 is 25.2 Å². The van der Waals surface area contributed by atoms with E-state index in [9.17, 15) is 9.18 Å². The quantitative estimate of drug-likeness (QED) is 0.394. The highest BCUT2D eigenvalue weighted by atomic mass is 19.1. The van der Waals surface area contributed by atoms with Crippen molar-refractivity contribution >= 4 is 28.2 Å². The van der Waals surface area contributed by atoms with Crippen LogP contribution in [0.3, 0.4) is 0 Å². The predicted molar refractivity (Wildman–Crippen MR) is 168 cm³/mol. The molecule has 2 bridgehead atoms. The van der Waals surface area contributed by atoms with Gasteiger partial charge in [-0.3, -0.25) is 14.7 Å². The number of pyridine rings is 1. The zero-order chi connectivity index (χ0) is 31.2. The Hall–Kier alpha value is -3.81. The zero-order valence-corrected chi connectivity index (χ0v) is 25.3. The molecule has 0 saturated carbocycles. The number of hydrogen-bond acceptors (Lipinski definition) is 9. The molecule has 244 valence electrons. The first-order valence-corrected chi connectivity index (χ1v) is 16.3. The van der Waals surface area contributed by atoms with Gasteiger partial charge in [0.15, 0.2) is 5.82 Å². The van der Waals surface area contributed by atoms with Crippen molar-refractivity contribution < 1.29 is 25.6 Å². The van der Waals surface area contributed by atoms with Gasteiger partial charge >= 0.3 is 6.01 Å². The van der Waals surface area contributed by atoms with Gasteiger partial charge in [-0.15, -0.1) is 0 Å². The average molecular weight is 637 g/mol. The van der Waals surface area contributed by atoms with E-state index in [2.05, 4.69) is 30.4 Å². The number of rotatable bonds is 6. The molecule has 5 saturated heterocycles. The number of nitrogens with zero attached hydrogens (tertiary/aromatic N) is 6. The molecule has 2 N–H and O–H groups in total. The summed E-state index contributed by atoms with van der Waals surface area (Å²) in [5, 5.41) is 7.06. The fourth-order valence-corrected chi connectivity index (χ4v) is 8.34. The van der Waals surface area contributed by atoms with E-state index in [4.69, 9.17) is 9.72 Å². The minimum absolute atomic E-state index is 0. The molecule has 3 aromatic rings. The molecule has 13 heteroatoms. The number of amides is 1. The molecule has 0 radical (unpaired) electrons. The van der Waals surface area contributed by atoms with Gasteiger partial charge in [0.25, 0.3) is 0 Å². The van der Waals surface area contributed by atoms with Gasteiger partial charge in [0, 0.05) is 71.1 Å². The molecule has 1 aromatic carbocycles. The van der Waals surface area contributed by atoms with Gasteiger partial charge in [-0.1, -0.05) is 12.1 Å². The second kappa shape index (κ2) is 10.6. The molecule has 6 aliphatic rings. The molecule has 0 spiro atoms. The fourth-order valence-electron chi connectivity index (χ4n) is 8.34. The van der Waals surface area contributed by atoms with Gasteiger partial charge in [0.05, 0.1) is 23.5 Å².